The molecule has 0 amide bonds. The molecule has 0 aromatic carbocycles. The predicted octanol–water partition coefficient (Wildman–Crippen LogP) is 3.31. The predicted molar refractivity (Wildman–Crippen MR) is 74.2 cm³/mol. The molecule has 0 aromatic heterocycles. The van der Waals surface area contributed by atoms with Crippen LogP contribution >= 0.6 is 0 Å². The van der Waals surface area contributed by atoms with Crippen molar-refractivity contribution in [1.82, 2.24) is 0 Å². The van der Waals surface area contributed by atoms with Crippen LogP contribution in [0.3, 0.4) is 0 Å². The van der Waals surface area contributed by atoms with Gasteiger partial charge in [0.15, 0.2) is 0 Å². The van der Waals surface area contributed by atoms with Crippen molar-refractivity contribution in [1.29, 1.82) is 0 Å². The molecular formula is C16H28O3. The van der Waals surface area contributed by atoms with E-state index < -0.39 is 0 Å². The van der Waals surface area contributed by atoms with E-state index in [9.17, 15) is 0 Å². The van der Waals surface area contributed by atoms with Crippen molar-refractivity contribution in [2.75, 3.05) is 7.11 Å². The molecule has 2 aliphatic heterocycles. The fourth-order valence-corrected chi connectivity index (χ4v) is 3.83. The zero-order valence-corrected chi connectivity index (χ0v) is 13.0. The third-order valence-corrected chi connectivity index (χ3v) is 5.92. The lowest BCUT2D eigenvalue weighted by molar-refractivity contribution is -0.0625. The molecule has 3 rings (SSSR count). The Labute approximate surface area is 117 Å². The Kier molecular flexibility index (Phi) is 3.05. The van der Waals surface area contributed by atoms with Crippen molar-refractivity contribution in [3.63, 3.8) is 0 Å². The molecule has 5 atom stereocenters. The number of hydrogen-bond donors (Lipinski definition) is 0. The van der Waals surface area contributed by atoms with Gasteiger partial charge in [-0.3, -0.25) is 0 Å². The zero-order valence-electron chi connectivity index (χ0n) is 13.0. The number of fused-ring (bicyclic) bond motifs is 1. The third kappa shape index (κ3) is 2.45. The molecule has 0 bridgehead atoms. The van der Waals surface area contributed by atoms with Crippen LogP contribution in [0.4, 0.5) is 0 Å². The second-order valence-corrected chi connectivity index (χ2v) is 7.66. The van der Waals surface area contributed by atoms with Gasteiger partial charge in [0.05, 0.1) is 29.0 Å². The number of ether oxygens (including phenoxy) is 3. The van der Waals surface area contributed by atoms with Gasteiger partial charge in [-0.15, -0.1) is 0 Å². The van der Waals surface area contributed by atoms with Gasteiger partial charge in [-0.05, 0) is 65.7 Å². The Morgan fingerprint density at radius 2 is 1.95 bits per heavy atom. The van der Waals surface area contributed by atoms with Crippen LogP contribution in [0.2, 0.25) is 0 Å². The van der Waals surface area contributed by atoms with Crippen LogP contribution in [0.1, 0.15) is 59.8 Å². The summed E-state index contributed by atoms with van der Waals surface area (Å²) in [6, 6.07) is 0. The lowest BCUT2D eigenvalue weighted by Crippen LogP contribution is -2.41. The summed E-state index contributed by atoms with van der Waals surface area (Å²) in [6.07, 6.45) is 6.68. The highest BCUT2D eigenvalue weighted by molar-refractivity contribution is 5.07. The molecule has 1 saturated carbocycles. The van der Waals surface area contributed by atoms with Gasteiger partial charge in [-0.1, -0.05) is 0 Å². The van der Waals surface area contributed by atoms with Crippen molar-refractivity contribution in [2.24, 2.45) is 5.92 Å². The van der Waals surface area contributed by atoms with Gasteiger partial charge in [0.25, 0.3) is 0 Å². The summed E-state index contributed by atoms with van der Waals surface area (Å²) in [6.45, 7) is 8.87. The van der Waals surface area contributed by atoms with Crippen LogP contribution in [0.15, 0.2) is 0 Å². The van der Waals surface area contributed by atoms with Crippen LogP contribution in [0.5, 0.6) is 0 Å². The summed E-state index contributed by atoms with van der Waals surface area (Å²) >= 11 is 0. The molecule has 110 valence electrons. The van der Waals surface area contributed by atoms with E-state index in [-0.39, 0.29) is 16.8 Å². The van der Waals surface area contributed by atoms with Gasteiger partial charge in [0, 0.05) is 7.11 Å². The first-order valence-electron chi connectivity index (χ1n) is 7.70. The number of methoxy groups -OCH3 is 1. The van der Waals surface area contributed by atoms with Crippen LogP contribution in [-0.4, -0.2) is 36.1 Å². The first kappa shape index (κ1) is 13.8. The van der Waals surface area contributed by atoms with Gasteiger partial charge in [0.1, 0.15) is 0 Å². The van der Waals surface area contributed by atoms with E-state index in [4.69, 9.17) is 14.2 Å². The van der Waals surface area contributed by atoms with Gasteiger partial charge in [-0.2, -0.15) is 0 Å². The Morgan fingerprint density at radius 3 is 2.47 bits per heavy atom. The SMILES string of the molecule is COC(C)(CCC1OC1(C)C)C1CCC2(C)OC2C1. The highest BCUT2D eigenvalue weighted by Crippen LogP contribution is 2.53. The number of hydrogen-bond acceptors (Lipinski definition) is 3. The molecule has 3 nitrogen and oxygen atoms in total. The molecule has 5 unspecified atom stereocenters. The minimum atomic E-state index is -0.0185. The maximum absolute atomic E-state index is 5.91. The summed E-state index contributed by atoms with van der Waals surface area (Å²) in [5.41, 5.74) is 0.279. The Morgan fingerprint density at radius 1 is 1.26 bits per heavy atom. The molecule has 19 heavy (non-hydrogen) atoms. The smallest absolute Gasteiger partial charge is 0.0920 e. The molecule has 1 aliphatic carbocycles. The molecular weight excluding hydrogens is 240 g/mol. The average molecular weight is 268 g/mol. The van der Waals surface area contributed by atoms with Crippen molar-refractivity contribution < 1.29 is 14.2 Å². The van der Waals surface area contributed by atoms with E-state index in [0.717, 1.165) is 19.3 Å². The lowest BCUT2D eigenvalue weighted by atomic mass is 9.72. The normalized spacial score (nSPS) is 46.3. The topological polar surface area (TPSA) is 34.3 Å². The van der Waals surface area contributed by atoms with E-state index in [1.807, 2.05) is 7.11 Å². The Bertz CT molecular complexity index is 367. The average Bonchev–Trinajstić information content (AvgIpc) is 3.20. The van der Waals surface area contributed by atoms with Gasteiger partial charge < -0.3 is 14.2 Å². The fourth-order valence-electron chi connectivity index (χ4n) is 3.83. The maximum atomic E-state index is 5.91. The van der Waals surface area contributed by atoms with Gasteiger partial charge >= 0.3 is 0 Å². The fraction of sp³-hybridized carbons (Fsp3) is 1.00. The number of epoxide rings is 2. The molecule has 0 N–H and O–H groups in total. The van der Waals surface area contributed by atoms with Gasteiger partial charge in [-0.25, -0.2) is 0 Å². The maximum Gasteiger partial charge on any atom is 0.0920 e. The number of rotatable bonds is 5. The Hall–Kier alpha value is -0.120. The lowest BCUT2D eigenvalue weighted by Gasteiger charge is -2.39. The molecule has 3 fully saturated rings. The highest BCUT2D eigenvalue weighted by Gasteiger charge is 2.58. The van der Waals surface area contributed by atoms with E-state index in [1.54, 1.807) is 0 Å². The summed E-state index contributed by atoms with van der Waals surface area (Å²) in [5.74, 6) is 0.625. The molecule has 2 heterocycles. The van der Waals surface area contributed by atoms with E-state index in [2.05, 4.69) is 27.7 Å². The first-order valence-corrected chi connectivity index (χ1v) is 7.70. The van der Waals surface area contributed by atoms with Gasteiger partial charge in [0.2, 0.25) is 0 Å². The van der Waals surface area contributed by atoms with Crippen LogP contribution in [0.25, 0.3) is 0 Å². The minimum Gasteiger partial charge on any atom is -0.378 e. The monoisotopic (exact) mass is 268 g/mol. The highest BCUT2D eigenvalue weighted by atomic mass is 16.6. The summed E-state index contributed by atoms with van der Waals surface area (Å²) in [4.78, 5) is 0. The first-order chi connectivity index (χ1) is 8.79. The van der Waals surface area contributed by atoms with E-state index >= 15 is 0 Å². The van der Waals surface area contributed by atoms with E-state index in [1.165, 1.54) is 12.8 Å². The largest absolute Gasteiger partial charge is 0.378 e. The standard InChI is InChI=1S/C16H28O3/c1-14(2)12(18-14)7-9-15(3,17-5)11-6-8-16(4)13(10-11)19-16/h11-13H,6-10H2,1-5H3. The van der Waals surface area contributed by atoms with Crippen LogP contribution < -0.4 is 0 Å². The molecule has 0 radical (unpaired) electrons. The minimum absolute atomic E-state index is 0.0185. The van der Waals surface area contributed by atoms with Crippen molar-refractivity contribution in [3.8, 4) is 0 Å². The quantitative estimate of drug-likeness (QED) is 0.717. The van der Waals surface area contributed by atoms with Crippen LogP contribution in [0, 0.1) is 5.92 Å². The second-order valence-electron chi connectivity index (χ2n) is 7.66. The third-order valence-electron chi connectivity index (χ3n) is 5.92. The molecule has 0 spiro atoms. The Balaban J connectivity index is 1.56. The summed E-state index contributed by atoms with van der Waals surface area (Å²) < 4.78 is 17.4. The zero-order chi connectivity index (χ0) is 13.9. The molecule has 3 heteroatoms. The van der Waals surface area contributed by atoms with Crippen molar-refractivity contribution in [2.45, 2.75) is 88.8 Å². The second kappa shape index (κ2) is 4.19. The van der Waals surface area contributed by atoms with Crippen molar-refractivity contribution in [3.05, 3.63) is 0 Å². The van der Waals surface area contributed by atoms with Crippen molar-refractivity contribution >= 4 is 0 Å². The molecule has 2 saturated heterocycles. The summed E-state index contributed by atoms with van der Waals surface area (Å²) in [5, 5.41) is 0. The molecule has 3 aliphatic rings. The van der Waals surface area contributed by atoms with Crippen LogP contribution in [-0.2, 0) is 14.2 Å². The summed E-state index contributed by atoms with van der Waals surface area (Å²) in [7, 11) is 1.86. The van der Waals surface area contributed by atoms with E-state index in [0.29, 0.717) is 18.1 Å². The molecule has 0 aromatic rings.